The molecule has 0 spiro atoms. The first-order chi connectivity index (χ1) is 48.8. The summed E-state index contributed by atoms with van der Waals surface area (Å²) in [6.07, 6.45) is 61.0. The molecule has 0 bridgehead atoms. The normalized spacial score (nSPS) is 14.2. The molecule has 17 nitrogen and oxygen atoms in total. The van der Waals surface area contributed by atoms with Gasteiger partial charge in [-0.1, -0.05) is 376 Å². The second-order valence-electron chi connectivity index (χ2n) is 30.7. The van der Waals surface area contributed by atoms with Crippen LogP contribution in [0.1, 0.15) is 427 Å². The zero-order valence-corrected chi connectivity index (χ0v) is 68.2. The third kappa shape index (κ3) is 74.7. The molecular weight excluding hydrogens is 1320 g/mol. The number of phosphoric acid groups is 2. The van der Waals surface area contributed by atoms with Crippen molar-refractivity contribution in [1.29, 1.82) is 0 Å². The summed E-state index contributed by atoms with van der Waals surface area (Å²) in [6.45, 7) is 12.0. The fraction of sp³-hybridized carbons (Fsp3) is 0.951. The van der Waals surface area contributed by atoms with Crippen LogP contribution in [-0.4, -0.2) is 96.7 Å². The Bertz CT molecular complexity index is 1960. The smallest absolute Gasteiger partial charge is 0.462 e. The minimum atomic E-state index is -4.96. The lowest BCUT2D eigenvalue weighted by atomic mass is 9.99. The summed E-state index contributed by atoms with van der Waals surface area (Å²) in [6, 6.07) is 0. The van der Waals surface area contributed by atoms with Crippen LogP contribution >= 0.6 is 15.6 Å². The first-order valence-electron chi connectivity index (χ1n) is 42.4. The third-order valence-corrected chi connectivity index (χ3v) is 21.4. The molecule has 6 atom stereocenters. The largest absolute Gasteiger partial charge is 0.472 e. The fourth-order valence-corrected chi connectivity index (χ4v) is 14.2. The Kier molecular flexibility index (Phi) is 70.9. The van der Waals surface area contributed by atoms with Gasteiger partial charge in [-0.3, -0.25) is 37.3 Å². The highest BCUT2D eigenvalue weighted by Gasteiger charge is 2.30. The lowest BCUT2D eigenvalue weighted by Crippen LogP contribution is -2.30. The highest BCUT2D eigenvalue weighted by Crippen LogP contribution is 2.45. The molecule has 600 valence electrons. The highest BCUT2D eigenvalue weighted by molar-refractivity contribution is 7.47. The Balaban J connectivity index is 5.22. The average Bonchev–Trinajstić information content (AvgIpc) is 0.937. The number of rotatable bonds is 80. The molecule has 0 rings (SSSR count). The van der Waals surface area contributed by atoms with Crippen LogP contribution in [0.5, 0.6) is 0 Å². The van der Waals surface area contributed by atoms with Crippen LogP contribution in [-0.2, 0) is 65.4 Å². The maximum Gasteiger partial charge on any atom is 0.472 e. The van der Waals surface area contributed by atoms with Gasteiger partial charge in [-0.15, -0.1) is 0 Å². The number of hydrogen-bond acceptors (Lipinski definition) is 15. The topological polar surface area (TPSA) is 237 Å². The van der Waals surface area contributed by atoms with Crippen molar-refractivity contribution in [1.82, 2.24) is 0 Å². The molecule has 0 saturated carbocycles. The molecule has 0 aliphatic rings. The first-order valence-corrected chi connectivity index (χ1v) is 45.4. The molecule has 101 heavy (non-hydrogen) atoms. The maximum atomic E-state index is 13.1. The SMILES string of the molecule is CCCCCCCCCCCCCC(=O)OC[C@H](COP(=O)(O)OC[C@H](O)COP(=O)(O)OC[C@@H](COC(=O)CCCCCCCCCCCCCCCC(C)C)OC(=O)CCCCCCCCCCCCCCCCCCCCC(C)CC)OC(=O)CCCCCCCCCCCC(C)C. The number of phosphoric ester groups is 2. The average molecular weight is 1480 g/mol. The summed E-state index contributed by atoms with van der Waals surface area (Å²) in [5.74, 6) is 0.289. The Morgan fingerprint density at radius 1 is 0.287 bits per heavy atom. The van der Waals surface area contributed by atoms with Crippen LogP contribution in [0.25, 0.3) is 0 Å². The highest BCUT2D eigenvalue weighted by atomic mass is 31.2. The molecular formula is C82H160O17P2. The van der Waals surface area contributed by atoms with Crippen molar-refractivity contribution in [3.05, 3.63) is 0 Å². The van der Waals surface area contributed by atoms with Gasteiger partial charge in [-0.2, -0.15) is 0 Å². The van der Waals surface area contributed by atoms with Crippen molar-refractivity contribution in [3.63, 3.8) is 0 Å². The predicted octanol–water partition coefficient (Wildman–Crippen LogP) is 24.5. The molecule has 0 aliphatic carbocycles. The Morgan fingerprint density at radius 3 is 0.752 bits per heavy atom. The zero-order valence-electron chi connectivity index (χ0n) is 66.4. The second kappa shape index (κ2) is 72.3. The molecule has 0 aromatic carbocycles. The minimum absolute atomic E-state index is 0.106. The number of aliphatic hydroxyl groups excluding tert-OH is 1. The Morgan fingerprint density at radius 2 is 0.505 bits per heavy atom. The van der Waals surface area contributed by atoms with E-state index in [0.29, 0.717) is 25.7 Å². The molecule has 0 saturated heterocycles. The summed E-state index contributed by atoms with van der Waals surface area (Å²) in [4.78, 5) is 73.0. The molecule has 0 heterocycles. The summed E-state index contributed by atoms with van der Waals surface area (Å²) < 4.78 is 68.7. The summed E-state index contributed by atoms with van der Waals surface area (Å²) in [7, 11) is -9.92. The van der Waals surface area contributed by atoms with E-state index in [1.165, 1.54) is 238 Å². The van der Waals surface area contributed by atoms with Crippen LogP contribution in [0.4, 0.5) is 0 Å². The van der Waals surface area contributed by atoms with Crippen molar-refractivity contribution >= 4 is 39.5 Å². The van der Waals surface area contributed by atoms with Gasteiger partial charge in [0.05, 0.1) is 26.4 Å². The van der Waals surface area contributed by atoms with Gasteiger partial charge in [0.25, 0.3) is 0 Å². The quantitative estimate of drug-likeness (QED) is 0.0222. The van der Waals surface area contributed by atoms with Gasteiger partial charge in [0.15, 0.2) is 12.2 Å². The third-order valence-electron chi connectivity index (χ3n) is 19.5. The molecule has 3 unspecified atom stereocenters. The number of carbonyl (C=O) groups is 4. The van der Waals surface area contributed by atoms with Crippen LogP contribution < -0.4 is 0 Å². The molecule has 19 heteroatoms. The minimum Gasteiger partial charge on any atom is -0.462 e. The lowest BCUT2D eigenvalue weighted by molar-refractivity contribution is -0.161. The van der Waals surface area contributed by atoms with Gasteiger partial charge in [-0.05, 0) is 43.4 Å². The molecule has 0 aliphatic heterocycles. The zero-order chi connectivity index (χ0) is 74.4. The first kappa shape index (κ1) is 99.1. The van der Waals surface area contributed by atoms with E-state index >= 15 is 0 Å². The fourth-order valence-electron chi connectivity index (χ4n) is 12.6. The number of carbonyl (C=O) groups excluding carboxylic acids is 4. The van der Waals surface area contributed by atoms with Gasteiger partial charge < -0.3 is 33.8 Å². The monoisotopic (exact) mass is 1480 g/mol. The number of unbranched alkanes of at least 4 members (excludes halogenated alkanes) is 47. The van der Waals surface area contributed by atoms with E-state index < -0.39 is 97.5 Å². The molecule has 3 N–H and O–H groups in total. The summed E-state index contributed by atoms with van der Waals surface area (Å²) >= 11 is 0. The maximum absolute atomic E-state index is 13.1. The van der Waals surface area contributed by atoms with E-state index in [4.69, 9.17) is 37.0 Å². The van der Waals surface area contributed by atoms with Crippen LogP contribution in [0.15, 0.2) is 0 Å². The number of hydrogen-bond donors (Lipinski definition) is 3. The van der Waals surface area contributed by atoms with E-state index in [0.717, 1.165) is 108 Å². The van der Waals surface area contributed by atoms with Crippen molar-refractivity contribution in [2.75, 3.05) is 39.6 Å². The van der Waals surface area contributed by atoms with Crippen molar-refractivity contribution in [2.24, 2.45) is 17.8 Å². The number of ether oxygens (including phenoxy) is 4. The van der Waals surface area contributed by atoms with Crippen molar-refractivity contribution < 1.29 is 80.2 Å². The molecule has 0 amide bonds. The van der Waals surface area contributed by atoms with E-state index in [1.54, 1.807) is 0 Å². The summed E-state index contributed by atoms with van der Waals surface area (Å²) in [5.41, 5.74) is 0. The van der Waals surface area contributed by atoms with Crippen LogP contribution in [0, 0.1) is 17.8 Å². The van der Waals surface area contributed by atoms with Crippen molar-refractivity contribution in [3.8, 4) is 0 Å². The van der Waals surface area contributed by atoms with Gasteiger partial charge in [-0.25, -0.2) is 9.13 Å². The van der Waals surface area contributed by atoms with Gasteiger partial charge in [0.2, 0.25) is 0 Å². The van der Waals surface area contributed by atoms with Crippen molar-refractivity contribution in [2.45, 2.75) is 446 Å². The second-order valence-corrected chi connectivity index (χ2v) is 33.6. The van der Waals surface area contributed by atoms with E-state index in [9.17, 15) is 43.2 Å². The Labute approximate surface area is 619 Å². The van der Waals surface area contributed by atoms with Gasteiger partial charge in [0.1, 0.15) is 19.3 Å². The Hall–Kier alpha value is -1.94. The molecule has 0 aromatic heterocycles. The van der Waals surface area contributed by atoms with Crippen LogP contribution in [0.3, 0.4) is 0 Å². The predicted molar refractivity (Wildman–Crippen MR) is 414 cm³/mol. The molecule has 0 radical (unpaired) electrons. The summed E-state index contributed by atoms with van der Waals surface area (Å²) in [5, 5.41) is 10.6. The lowest BCUT2D eigenvalue weighted by Gasteiger charge is -2.21. The van der Waals surface area contributed by atoms with E-state index in [1.807, 2.05) is 0 Å². The number of aliphatic hydroxyl groups is 1. The van der Waals surface area contributed by atoms with Gasteiger partial charge >= 0.3 is 39.5 Å². The standard InChI is InChI=1S/C82H160O17P2/c1-8-10-11-12-13-14-26-35-42-49-56-63-79(84)92-70-78(99-82(87)66-59-52-45-38-31-33-40-47-54-61-74(5)6)72-97-101(90,91)95-68-76(83)67-94-100(88,89)96-71-77(69-93-80(85)64-57-50-43-36-29-25-21-22-27-32-39-46-53-60-73(3)4)98-81(86)65-58-51-44-37-30-24-20-18-16-15-17-19-23-28-34-41-48-55-62-75(7)9-2/h73-78,83H,8-72H2,1-7H3,(H,88,89)(H,90,91)/t75?,76-,77-,78-/m1/s1. The van der Waals surface area contributed by atoms with E-state index in [-0.39, 0.29) is 25.7 Å². The van der Waals surface area contributed by atoms with Crippen LogP contribution in [0.2, 0.25) is 0 Å². The number of esters is 4. The molecule has 0 fully saturated rings. The molecule has 0 aromatic rings. The van der Waals surface area contributed by atoms with Gasteiger partial charge in [0, 0.05) is 25.7 Å². The van der Waals surface area contributed by atoms with E-state index in [2.05, 4.69) is 48.5 Å².